The molecular weight excluding hydrogens is 416 g/mol. The number of aromatic nitrogens is 1. The van der Waals surface area contributed by atoms with Crippen LogP contribution in [0.5, 0.6) is 0 Å². The lowest BCUT2D eigenvalue weighted by molar-refractivity contribution is 0.253. The van der Waals surface area contributed by atoms with Gasteiger partial charge < -0.3 is 4.90 Å². The molecule has 0 unspecified atom stereocenters. The molecule has 1 N–H and O–H groups in total. The van der Waals surface area contributed by atoms with Gasteiger partial charge in [-0.05, 0) is 62.1 Å². The van der Waals surface area contributed by atoms with Gasteiger partial charge in [0, 0.05) is 38.1 Å². The number of piperazine rings is 1. The normalized spacial score (nSPS) is 15.7. The molecule has 1 aromatic heterocycles. The molecule has 1 fully saturated rings. The molecule has 1 aliphatic heterocycles. The van der Waals surface area contributed by atoms with Gasteiger partial charge in [0.15, 0.2) is 0 Å². The number of aryl methyl sites for hydroxylation is 1. The van der Waals surface area contributed by atoms with Crippen molar-refractivity contribution in [2.24, 2.45) is 0 Å². The number of fused-ring (bicyclic) bond motifs is 1. The van der Waals surface area contributed by atoms with Crippen LogP contribution in [0.1, 0.15) is 18.4 Å². The fourth-order valence-corrected chi connectivity index (χ4v) is 5.62. The molecule has 0 saturated carbocycles. The third-order valence-electron chi connectivity index (χ3n) is 5.55. The fourth-order valence-electron chi connectivity index (χ4n) is 3.75. The highest BCUT2D eigenvalue weighted by molar-refractivity contribution is 7.89. The molecule has 8 heteroatoms. The Hall–Kier alpha value is -2.00. The first-order valence-corrected chi connectivity index (χ1v) is 12.7. The van der Waals surface area contributed by atoms with Crippen molar-refractivity contribution in [1.29, 1.82) is 0 Å². The molecule has 6 nitrogen and oxygen atoms in total. The third kappa shape index (κ3) is 5.00. The zero-order valence-electron chi connectivity index (χ0n) is 17.3. The largest absolute Gasteiger partial charge is 0.353 e. The van der Waals surface area contributed by atoms with Crippen LogP contribution in [-0.4, -0.2) is 57.0 Å². The number of rotatable bonds is 8. The quantitative estimate of drug-likeness (QED) is 0.539. The Bertz CT molecular complexity index is 1070. The maximum Gasteiger partial charge on any atom is 0.240 e. The van der Waals surface area contributed by atoms with E-state index in [0.29, 0.717) is 11.4 Å². The Labute approximate surface area is 182 Å². The van der Waals surface area contributed by atoms with Gasteiger partial charge in [0.2, 0.25) is 10.0 Å². The van der Waals surface area contributed by atoms with E-state index >= 15 is 0 Å². The SMILES string of the molecule is Cc1ccc(S(=O)(=O)NCCCCN2CCN(c3nsc4ccccc34)CC2)cc1. The van der Waals surface area contributed by atoms with Gasteiger partial charge in [-0.25, -0.2) is 13.1 Å². The van der Waals surface area contributed by atoms with Gasteiger partial charge in [-0.2, -0.15) is 4.37 Å². The molecule has 4 rings (SSSR count). The Morgan fingerprint density at radius 1 is 1.00 bits per heavy atom. The predicted octanol–water partition coefficient (Wildman–Crippen LogP) is 3.49. The minimum Gasteiger partial charge on any atom is -0.353 e. The molecule has 0 aliphatic carbocycles. The molecule has 3 aromatic rings. The highest BCUT2D eigenvalue weighted by Crippen LogP contribution is 2.29. The average Bonchev–Trinajstić information content (AvgIpc) is 3.18. The number of hydrogen-bond donors (Lipinski definition) is 1. The van der Waals surface area contributed by atoms with E-state index in [1.54, 1.807) is 23.7 Å². The first-order chi connectivity index (χ1) is 14.5. The van der Waals surface area contributed by atoms with Gasteiger partial charge in [0.05, 0.1) is 9.60 Å². The van der Waals surface area contributed by atoms with E-state index in [-0.39, 0.29) is 0 Å². The van der Waals surface area contributed by atoms with E-state index in [4.69, 9.17) is 0 Å². The summed E-state index contributed by atoms with van der Waals surface area (Å²) in [6, 6.07) is 15.4. The molecule has 160 valence electrons. The Balaban J connectivity index is 1.18. The first-order valence-electron chi connectivity index (χ1n) is 10.4. The summed E-state index contributed by atoms with van der Waals surface area (Å²) in [5, 5.41) is 1.25. The highest BCUT2D eigenvalue weighted by atomic mass is 32.2. The molecule has 0 bridgehead atoms. The summed E-state index contributed by atoms with van der Waals surface area (Å²) in [7, 11) is -3.41. The molecule has 2 aromatic carbocycles. The summed E-state index contributed by atoms with van der Waals surface area (Å²) < 4.78 is 33.3. The summed E-state index contributed by atoms with van der Waals surface area (Å²) >= 11 is 1.57. The molecule has 30 heavy (non-hydrogen) atoms. The summed E-state index contributed by atoms with van der Waals surface area (Å²) in [5.74, 6) is 1.11. The second-order valence-corrected chi connectivity index (χ2v) is 10.3. The number of nitrogens with zero attached hydrogens (tertiary/aromatic N) is 3. The van der Waals surface area contributed by atoms with Gasteiger partial charge in [0.25, 0.3) is 0 Å². The molecule has 0 atom stereocenters. The number of nitrogens with one attached hydrogen (secondary N) is 1. The number of hydrogen-bond acceptors (Lipinski definition) is 6. The maximum atomic E-state index is 12.3. The van der Waals surface area contributed by atoms with E-state index in [2.05, 4.69) is 43.2 Å². The summed E-state index contributed by atoms with van der Waals surface area (Å²) in [6.45, 7) is 7.41. The highest BCUT2D eigenvalue weighted by Gasteiger charge is 2.20. The Morgan fingerprint density at radius 2 is 1.73 bits per heavy atom. The lowest BCUT2D eigenvalue weighted by atomic mass is 10.2. The topological polar surface area (TPSA) is 65.5 Å². The van der Waals surface area contributed by atoms with Crippen LogP contribution in [0.15, 0.2) is 53.4 Å². The molecular formula is C22H28N4O2S2. The minimum atomic E-state index is -3.41. The molecule has 1 aliphatic rings. The number of benzene rings is 2. The van der Waals surface area contributed by atoms with E-state index < -0.39 is 10.0 Å². The van der Waals surface area contributed by atoms with Crippen LogP contribution in [-0.2, 0) is 10.0 Å². The number of unbranched alkanes of at least 4 members (excludes halogenated alkanes) is 1. The van der Waals surface area contributed by atoms with Crippen molar-refractivity contribution in [1.82, 2.24) is 14.0 Å². The Morgan fingerprint density at radius 3 is 2.50 bits per heavy atom. The van der Waals surface area contributed by atoms with Crippen molar-refractivity contribution in [3.63, 3.8) is 0 Å². The molecule has 2 heterocycles. The van der Waals surface area contributed by atoms with Gasteiger partial charge in [-0.3, -0.25) is 4.90 Å². The lowest BCUT2D eigenvalue weighted by Crippen LogP contribution is -2.46. The fraction of sp³-hybridized carbons (Fsp3) is 0.409. The predicted molar refractivity (Wildman–Crippen MR) is 124 cm³/mol. The standard InChI is InChI=1S/C22H28N4O2S2/c1-18-8-10-19(11-9-18)30(27,28)23-12-4-5-13-25-14-16-26(17-15-25)22-20-6-2-3-7-21(20)29-24-22/h2-3,6-11,23H,4-5,12-17H2,1H3. The Kier molecular flexibility index (Phi) is 6.67. The molecule has 0 radical (unpaired) electrons. The zero-order chi connectivity index (χ0) is 21.0. The molecule has 0 spiro atoms. The summed E-state index contributed by atoms with van der Waals surface area (Å²) in [6.07, 6.45) is 1.82. The first kappa shape index (κ1) is 21.2. The van der Waals surface area contributed by atoms with Crippen LogP contribution in [0.25, 0.3) is 10.1 Å². The van der Waals surface area contributed by atoms with Gasteiger partial charge >= 0.3 is 0 Å². The number of anilines is 1. The van der Waals surface area contributed by atoms with Crippen LogP contribution < -0.4 is 9.62 Å². The average molecular weight is 445 g/mol. The second-order valence-electron chi connectivity index (χ2n) is 7.75. The van der Waals surface area contributed by atoms with Crippen molar-refractivity contribution in [3.05, 3.63) is 54.1 Å². The summed E-state index contributed by atoms with van der Waals surface area (Å²) in [4.78, 5) is 5.17. The van der Waals surface area contributed by atoms with E-state index in [0.717, 1.165) is 56.9 Å². The van der Waals surface area contributed by atoms with Crippen LogP contribution in [0.4, 0.5) is 5.82 Å². The van der Waals surface area contributed by atoms with Crippen molar-refractivity contribution >= 4 is 37.5 Å². The zero-order valence-corrected chi connectivity index (χ0v) is 18.9. The van der Waals surface area contributed by atoms with Crippen LogP contribution in [0.3, 0.4) is 0 Å². The van der Waals surface area contributed by atoms with E-state index in [9.17, 15) is 8.42 Å². The van der Waals surface area contributed by atoms with Crippen LogP contribution in [0.2, 0.25) is 0 Å². The lowest BCUT2D eigenvalue weighted by Gasteiger charge is -2.35. The molecule has 0 amide bonds. The molecule has 1 saturated heterocycles. The van der Waals surface area contributed by atoms with Crippen LogP contribution in [0, 0.1) is 6.92 Å². The monoisotopic (exact) mass is 444 g/mol. The van der Waals surface area contributed by atoms with E-state index in [1.165, 1.54) is 10.1 Å². The van der Waals surface area contributed by atoms with Gasteiger partial charge in [0.1, 0.15) is 5.82 Å². The van der Waals surface area contributed by atoms with Crippen molar-refractivity contribution in [2.75, 3.05) is 44.2 Å². The van der Waals surface area contributed by atoms with Crippen LogP contribution >= 0.6 is 11.5 Å². The second kappa shape index (κ2) is 9.43. The van der Waals surface area contributed by atoms with Gasteiger partial charge in [-0.15, -0.1) is 0 Å². The van der Waals surface area contributed by atoms with Crippen molar-refractivity contribution in [2.45, 2.75) is 24.7 Å². The van der Waals surface area contributed by atoms with Gasteiger partial charge in [-0.1, -0.05) is 29.8 Å². The number of sulfonamides is 1. The van der Waals surface area contributed by atoms with E-state index in [1.807, 2.05) is 19.1 Å². The van der Waals surface area contributed by atoms with Crippen molar-refractivity contribution in [3.8, 4) is 0 Å². The third-order valence-corrected chi connectivity index (χ3v) is 7.85. The van der Waals surface area contributed by atoms with Crippen molar-refractivity contribution < 1.29 is 8.42 Å². The smallest absolute Gasteiger partial charge is 0.240 e. The maximum absolute atomic E-state index is 12.3. The summed E-state index contributed by atoms with van der Waals surface area (Å²) in [5.41, 5.74) is 1.05. The minimum absolute atomic E-state index is 0.332.